The minimum atomic E-state index is 0.746. The lowest BCUT2D eigenvalue weighted by Crippen LogP contribution is -2.29. The lowest BCUT2D eigenvalue weighted by molar-refractivity contribution is 0.287. The summed E-state index contributed by atoms with van der Waals surface area (Å²) in [6.45, 7) is 8.94. The summed E-state index contributed by atoms with van der Waals surface area (Å²) in [5.41, 5.74) is 3.33. The van der Waals surface area contributed by atoms with Gasteiger partial charge in [-0.25, -0.2) is 4.98 Å². The molecule has 1 saturated heterocycles. The van der Waals surface area contributed by atoms with E-state index in [1.54, 1.807) is 7.11 Å². The molecule has 1 unspecified atom stereocenters. The van der Waals surface area contributed by atoms with Crippen LogP contribution in [0.5, 0.6) is 5.75 Å². The van der Waals surface area contributed by atoms with E-state index in [4.69, 9.17) is 9.72 Å². The average molecular weight is 327 g/mol. The van der Waals surface area contributed by atoms with Gasteiger partial charge in [-0.2, -0.15) is 0 Å². The molecule has 0 bridgehead atoms. The normalized spacial score (nSPS) is 17.9. The Kier molecular flexibility index (Phi) is 5.24. The summed E-state index contributed by atoms with van der Waals surface area (Å²) in [7, 11) is 3.96. The lowest BCUT2D eigenvalue weighted by atomic mass is 10.1. The topological polar surface area (TPSA) is 28.6 Å². The van der Waals surface area contributed by atoms with Crippen LogP contribution in [0.3, 0.4) is 0 Å². The van der Waals surface area contributed by atoms with Gasteiger partial charge in [-0.3, -0.25) is 0 Å². The first-order valence-electron chi connectivity index (χ1n) is 9.00. The van der Waals surface area contributed by atoms with Gasteiger partial charge in [-0.1, -0.05) is 19.1 Å². The average Bonchev–Trinajstić information content (AvgIpc) is 3.02. The van der Waals surface area contributed by atoms with Crippen molar-refractivity contribution in [2.45, 2.75) is 26.7 Å². The van der Waals surface area contributed by atoms with Crippen molar-refractivity contribution in [3.8, 4) is 5.75 Å². The molecule has 1 aromatic heterocycles. The SMILES string of the molecule is CCCN(C)CC1CCN(c2cc(C)nc3c(OC)cccc23)C1. The molecule has 0 amide bonds. The van der Waals surface area contributed by atoms with Crippen molar-refractivity contribution in [1.29, 1.82) is 0 Å². The minimum Gasteiger partial charge on any atom is -0.494 e. The van der Waals surface area contributed by atoms with Gasteiger partial charge in [0, 0.05) is 36.4 Å². The molecular weight excluding hydrogens is 298 g/mol. The van der Waals surface area contributed by atoms with Crippen molar-refractivity contribution >= 4 is 16.6 Å². The Labute approximate surface area is 145 Å². The number of para-hydroxylation sites is 1. The Balaban J connectivity index is 1.85. The van der Waals surface area contributed by atoms with Gasteiger partial charge in [0.2, 0.25) is 0 Å². The first kappa shape index (κ1) is 17.0. The van der Waals surface area contributed by atoms with Crippen LogP contribution in [-0.4, -0.2) is 50.2 Å². The summed E-state index contributed by atoms with van der Waals surface area (Å²) in [6.07, 6.45) is 2.49. The smallest absolute Gasteiger partial charge is 0.145 e. The Morgan fingerprint density at radius 3 is 2.96 bits per heavy atom. The number of aryl methyl sites for hydroxylation is 1. The zero-order valence-corrected chi connectivity index (χ0v) is 15.4. The predicted octanol–water partition coefficient (Wildman–Crippen LogP) is 3.72. The lowest BCUT2D eigenvalue weighted by Gasteiger charge is -2.23. The molecule has 1 aromatic carbocycles. The maximum atomic E-state index is 5.51. The number of hydrogen-bond acceptors (Lipinski definition) is 4. The van der Waals surface area contributed by atoms with Gasteiger partial charge in [-0.05, 0) is 51.4 Å². The summed E-state index contributed by atoms with van der Waals surface area (Å²) in [4.78, 5) is 9.70. The molecule has 0 spiro atoms. The van der Waals surface area contributed by atoms with Crippen molar-refractivity contribution in [1.82, 2.24) is 9.88 Å². The summed E-state index contributed by atoms with van der Waals surface area (Å²) in [5.74, 6) is 1.60. The number of methoxy groups -OCH3 is 1. The monoisotopic (exact) mass is 327 g/mol. The maximum Gasteiger partial charge on any atom is 0.145 e. The largest absolute Gasteiger partial charge is 0.494 e. The third-order valence-electron chi connectivity index (χ3n) is 4.93. The zero-order chi connectivity index (χ0) is 17.1. The number of rotatable bonds is 6. The standard InChI is InChI=1S/C20H29N3O/c1-5-10-22(3)13-16-9-11-23(14-16)18-12-15(2)21-20-17(18)7-6-8-19(20)24-4/h6-8,12,16H,5,9-11,13-14H2,1-4H3. The molecule has 2 aromatic rings. The van der Waals surface area contributed by atoms with E-state index < -0.39 is 0 Å². The van der Waals surface area contributed by atoms with Gasteiger partial charge in [-0.15, -0.1) is 0 Å². The first-order valence-corrected chi connectivity index (χ1v) is 9.00. The van der Waals surface area contributed by atoms with Crippen molar-refractivity contribution < 1.29 is 4.74 Å². The van der Waals surface area contributed by atoms with Crippen molar-refractivity contribution in [3.05, 3.63) is 30.0 Å². The number of pyridine rings is 1. The number of ether oxygens (including phenoxy) is 1. The van der Waals surface area contributed by atoms with Crippen LogP contribution in [0.2, 0.25) is 0 Å². The summed E-state index contributed by atoms with van der Waals surface area (Å²) < 4.78 is 5.51. The maximum absolute atomic E-state index is 5.51. The fourth-order valence-electron chi connectivity index (χ4n) is 3.87. The molecule has 1 fully saturated rings. The molecule has 4 heteroatoms. The molecule has 24 heavy (non-hydrogen) atoms. The van der Waals surface area contributed by atoms with Gasteiger partial charge in [0.1, 0.15) is 11.3 Å². The van der Waals surface area contributed by atoms with Crippen molar-refractivity contribution in [2.24, 2.45) is 5.92 Å². The number of anilines is 1. The number of hydrogen-bond donors (Lipinski definition) is 0. The Hall–Kier alpha value is -1.81. The van der Waals surface area contributed by atoms with Crippen LogP contribution in [0.15, 0.2) is 24.3 Å². The van der Waals surface area contributed by atoms with Crippen LogP contribution in [0.25, 0.3) is 10.9 Å². The molecule has 3 rings (SSSR count). The van der Waals surface area contributed by atoms with E-state index in [2.05, 4.69) is 48.9 Å². The summed E-state index contributed by atoms with van der Waals surface area (Å²) in [6, 6.07) is 8.44. The van der Waals surface area contributed by atoms with E-state index in [1.807, 2.05) is 6.07 Å². The van der Waals surface area contributed by atoms with Gasteiger partial charge < -0.3 is 14.5 Å². The van der Waals surface area contributed by atoms with Crippen LogP contribution >= 0.6 is 0 Å². The number of aromatic nitrogens is 1. The zero-order valence-electron chi connectivity index (χ0n) is 15.4. The second kappa shape index (κ2) is 7.39. The Morgan fingerprint density at radius 1 is 1.38 bits per heavy atom. The fourth-order valence-corrected chi connectivity index (χ4v) is 3.87. The van der Waals surface area contributed by atoms with Crippen LogP contribution in [0.4, 0.5) is 5.69 Å². The summed E-state index contributed by atoms with van der Waals surface area (Å²) >= 11 is 0. The van der Waals surface area contributed by atoms with Crippen LogP contribution < -0.4 is 9.64 Å². The summed E-state index contributed by atoms with van der Waals surface area (Å²) in [5, 5.41) is 1.20. The Bertz CT molecular complexity index is 701. The molecular formula is C20H29N3O. The van der Waals surface area contributed by atoms with Gasteiger partial charge in [0.25, 0.3) is 0 Å². The molecule has 1 aliphatic heterocycles. The van der Waals surface area contributed by atoms with E-state index in [-0.39, 0.29) is 0 Å². The van der Waals surface area contributed by atoms with E-state index in [9.17, 15) is 0 Å². The van der Waals surface area contributed by atoms with Gasteiger partial charge in [0.15, 0.2) is 0 Å². The molecule has 130 valence electrons. The highest BCUT2D eigenvalue weighted by atomic mass is 16.5. The molecule has 0 radical (unpaired) electrons. The number of nitrogens with zero attached hydrogens (tertiary/aromatic N) is 3. The molecule has 0 N–H and O–H groups in total. The fraction of sp³-hybridized carbons (Fsp3) is 0.550. The third-order valence-corrected chi connectivity index (χ3v) is 4.93. The highest BCUT2D eigenvalue weighted by Gasteiger charge is 2.25. The molecule has 1 aliphatic rings. The molecule has 2 heterocycles. The third kappa shape index (κ3) is 3.48. The van der Waals surface area contributed by atoms with E-state index in [0.717, 1.165) is 36.0 Å². The quantitative estimate of drug-likeness (QED) is 0.808. The molecule has 0 aliphatic carbocycles. The van der Waals surface area contributed by atoms with Crippen molar-refractivity contribution in [2.75, 3.05) is 45.2 Å². The first-order chi connectivity index (χ1) is 11.6. The number of fused-ring (bicyclic) bond motifs is 1. The predicted molar refractivity (Wildman–Crippen MR) is 101 cm³/mol. The molecule has 4 nitrogen and oxygen atoms in total. The van der Waals surface area contributed by atoms with Crippen molar-refractivity contribution in [3.63, 3.8) is 0 Å². The second-order valence-corrected chi connectivity index (χ2v) is 7.00. The Morgan fingerprint density at radius 2 is 2.21 bits per heavy atom. The molecule has 1 atom stereocenters. The number of benzene rings is 1. The van der Waals surface area contributed by atoms with Crippen LogP contribution in [-0.2, 0) is 0 Å². The van der Waals surface area contributed by atoms with Gasteiger partial charge in [0.05, 0.1) is 7.11 Å². The highest BCUT2D eigenvalue weighted by molar-refractivity contribution is 5.95. The van der Waals surface area contributed by atoms with E-state index >= 15 is 0 Å². The second-order valence-electron chi connectivity index (χ2n) is 7.00. The van der Waals surface area contributed by atoms with E-state index in [1.165, 1.54) is 37.0 Å². The van der Waals surface area contributed by atoms with E-state index in [0.29, 0.717) is 0 Å². The van der Waals surface area contributed by atoms with Crippen LogP contribution in [0.1, 0.15) is 25.5 Å². The highest BCUT2D eigenvalue weighted by Crippen LogP contribution is 2.34. The van der Waals surface area contributed by atoms with Crippen LogP contribution in [0, 0.1) is 12.8 Å². The van der Waals surface area contributed by atoms with Gasteiger partial charge >= 0.3 is 0 Å². The minimum absolute atomic E-state index is 0.746. The molecule has 0 saturated carbocycles.